The van der Waals surface area contributed by atoms with Crippen LogP contribution in [0.2, 0.25) is 0 Å². The van der Waals surface area contributed by atoms with Crippen LogP contribution in [0.5, 0.6) is 0 Å². The summed E-state index contributed by atoms with van der Waals surface area (Å²) in [6.07, 6.45) is 13.7. The van der Waals surface area contributed by atoms with Gasteiger partial charge in [0, 0.05) is 23.1 Å². The maximum Gasteiger partial charge on any atom is 0.161 e. The Bertz CT molecular complexity index is 1110. The van der Waals surface area contributed by atoms with Gasteiger partial charge in [0.15, 0.2) is 5.78 Å². The summed E-state index contributed by atoms with van der Waals surface area (Å²) in [5.74, 6) is 2.40. The van der Waals surface area contributed by atoms with Crippen LogP contribution in [0.1, 0.15) is 59.3 Å². The van der Waals surface area contributed by atoms with E-state index in [4.69, 9.17) is 0 Å². The Hall–Kier alpha value is -2.16. The molecule has 0 saturated heterocycles. The molecule has 4 aliphatic carbocycles. The van der Waals surface area contributed by atoms with E-state index in [1.807, 2.05) is 18.5 Å². The Labute approximate surface area is 179 Å². The van der Waals surface area contributed by atoms with Gasteiger partial charge in [-0.05, 0) is 73.8 Å². The van der Waals surface area contributed by atoms with Crippen molar-refractivity contribution in [3.63, 3.8) is 0 Å². The fourth-order valence-corrected chi connectivity index (χ4v) is 7.75. The molecule has 0 bridgehead atoms. The lowest BCUT2D eigenvalue weighted by Gasteiger charge is -2.57. The van der Waals surface area contributed by atoms with Gasteiger partial charge in [-0.3, -0.25) is 4.79 Å². The highest BCUT2D eigenvalue weighted by atomic mass is 16.1. The number of rotatable bonds is 1. The van der Waals surface area contributed by atoms with Gasteiger partial charge in [0.05, 0.1) is 11.0 Å². The lowest BCUT2D eigenvalue weighted by molar-refractivity contribution is -0.127. The molecule has 0 radical (unpaired) electrons. The molecular weight excluding hydrogens is 368 g/mol. The summed E-state index contributed by atoms with van der Waals surface area (Å²) in [7, 11) is 0. The molecule has 4 aliphatic rings. The van der Waals surface area contributed by atoms with Gasteiger partial charge in [0.25, 0.3) is 0 Å². The van der Waals surface area contributed by atoms with Crippen LogP contribution in [0.15, 0.2) is 48.3 Å². The minimum absolute atomic E-state index is 0.0919. The van der Waals surface area contributed by atoms with Crippen LogP contribution in [-0.4, -0.2) is 15.3 Å². The molecule has 0 N–H and O–H groups in total. The Kier molecular flexibility index (Phi) is 3.83. The molecule has 1 aromatic carbocycles. The molecule has 3 nitrogen and oxygen atoms in total. The van der Waals surface area contributed by atoms with E-state index in [-0.39, 0.29) is 11.3 Å². The lowest BCUT2D eigenvalue weighted by atomic mass is 9.47. The number of para-hydroxylation sites is 2. The van der Waals surface area contributed by atoms with E-state index >= 15 is 0 Å². The second kappa shape index (κ2) is 6.18. The number of ketones is 1. The van der Waals surface area contributed by atoms with Gasteiger partial charge in [-0.15, -0.1) is 0 Å². The summed E-state index contributed by atoms with van der Waals surface area (Å²) >= 11 is 0. The molecule has 3 unspecified atom stereocenters. The number of nitrogens with zero attached hydrogens (tertiary/aromatic N) is 2. The van der Waals surface area contributed by atoms with Crippen LogP contribution in [0.4, 0.5) is 0 Å². The molecule has 156 valence electrons. The Balaban J connectivity index is 1.41. The number of carbonyl (C=O) groups excluding carboxylic acids is 1. The van der Waals surface area contributed by atoms with Crippen LogP contribution < -0.4 is 0 Å². The molecule has 1 aromatic heterocycles. The largest absolute Gasteiger partial charge is 0.302 e. The van der Waals surface area contributed by atoms with Crippen molar-refractivity contribution >= 4 is 22.5 Å². The number of hydrogen-bond donors (Lipinski definition) is 0. The number of imidazole rings is 1. The van der Waals surface area contributed by atoms with Crippen molar-refractivity contribution in [2.24, 2.45) is 34.5 Å². The van der Waals surface area contributed by atoms with Crippen LogP contribution in [0, 0.1) is 34.5 Å². The molecule has 6 atom stereocenters. The normalized spacial score (nSPS) is 40.4. The highest BCUT2D eigenvalue weighted by Gasteiger charge is 2.59. The average molecular weight is 401 g/mol. The van der Waals surface area contributed by atoms with E-state index < -0.39 is 0 Å². The van der Waals surface area contributed by atoms with Gasteiger partial charge >= 0.3 is 0 Å². The first-order chi connectivity index (χ1) is 14.4. The Morgan fingerprint density at radius 1 is 1.10 bits per heavy atom. The van der Waals surface area contributed by atoms with Crippen LogP contribution in [0.25, 0.3) is 16.7 Å². The van der Waals surface area contributed by atoms with Gasteiger partial charge in [-0.1, -0.05) is 44.6 Å². The molecule has 0 amide bonds. The molecule has 6 rings (SSSR count). The molecule has 2 saturated carbocycles. The Morgan fingerprint density at radius 3 is 2.77 bits per heavy atom. The number of benzene rings is 1. The number of fused-ring (bicyclic) bond motifs is 6. The third-order valence-electron chi connectivity index (χ3n) is 9.40. The zero-order chi connectivity index (χ0) is 20.7. The van der Waals surface area contributed by atoms with Gasteiger partial charge in [-0.25, -0.2) is 4.98 Å². The Morgan fingerprint density at radius 2 is 1.90 bits per heavy atom. The second-order valence-electron chi connectivity index (χ2n) is 11.0. The number of aromatic nitrogens is 2. The van der Waals surface area contributed by atoms with Crippen LogP contribution >= 0.6 is 0 Å². The monoisotopic (exact) mass is 400 g/mol. The summed E-state index contributed by atoms with van der Waals surface area (Å²) in [4.78, 5) is 18.1. The summed E-state index contributed by atoms with van der Waals surface area (Å²) in [5.41, 5.74) is 5.19. The van der Waals surface area contributed by atoms with Gasteiger partial charge in [-0.2, -0.15) is 0 Å². The van der Waals surface area contributed by atoms with E-state index in [0.717, 1.165) is 29.8 Å². The molecule has 1 heterocycles. The van der Waals surface area contributed by atoms with Crippen molar-refractivity contribution < 1.29 is 4.79 Å². The minimum atomic E-state index is -0.0919. The predicted molar refractivity (Wildman–Crippen MR) is 121 cm³/mol. The summed E-state index contributed by atoms with van der Waals surface area (Å²) in [5, 5.41) is 0. The van der Waals surface area contributed by atoms with Crippen molar-refractivity contribution in [2.75, 3.05) is 0 Å². The first-order valence-electron chi connectivity index (χ1n) is 11.8. The fourth-order valence-electron chi connectivity index (χ4n) is 7.75. The van der Waals surface area contributed by atoms with Crippen molar-refractivity contribution in [3.05, 3.63) is 48.3 Å². The van der Waals surface area contributed by atoms with Gasteiger partial charge in [0.1, 0.15) is 6.33 Å². The molecule has 0 aliphatic heterocycles. The maximum atomic E-state index is 13.5. The van der Waals surface area contributed by atoms with Crippen molar-refractivity contribution in [1.29, 1.82) is 0 Å². The SMILES string of the molecule is C[C@H]1CC[C@@]2(C)C(=CCC3C2CC[C@]2(C)C(n4cnc5ccccc54)=CC(=O)C32)C1. The van der Waals surface area contributed by atoms with Crippen LogP contribution in [-0.2, 0) is 4.79 Å². The highest BCUT2D eigenvalue weighted by molar-refractivity contribution is 6.04. The number of hydrogen-bond acceptors (Lipinski definition) is 2. The van der Waals surface area contributed by atoms with E-state index in [1.54, 1.807) is 5.57 Å². The predicted octanol–water partition coefficient (Wildman–Crippen LogP) is 6.27. The van der Waals surface area contributed by atoms with Crippen LogP contribution in [0.3, 0.4) is 0 Å². The average Bonchev–Trinajstić information content (AvgIpc) is 3.26. The van der Waals surface area contributed by atoms with E-state index in [0.29, 0.717) is 23.0 Å². The van der Waals surface area contributed by atoms with Crippen molar-refractivity contribution in [2.45, 2.75) is 59.3 Å². The van der Waals surface area contributed by atoms with Crippen molar-refractivity contribution in [1.82, 2.24) is 9.55 Å². The molecule has 2 fully saturated rings. The molecule has 2 aromatic rings. The maximum absolute atomic E-state index is 13.5. The fraction of sp³-hybridized carbons (Fsp3) is 0.556. The van der Waals surface area contributed by atoms with E-state index in [2.05, 4.69) is 54.6 Å². The first kappa shape index (κ1) is 18.6. The molecule has 30 heavy (non-hydrogen) atoms. The van der Waals surface area contributed by atoms with E-state index in [1.165, 1.54) is 31.4 Å². The zero-order valence-electron chi connectivity index (χ0n) is 18.4. The number of carbonyl (C=O) groups is 1. The third-order valence-corrected chi connectivity index (χ3v) is 9.40. The number of allylic oxidation sites excluding steroid dienone is 4. The molecule has 3 heteroatoms. The minimum Gasteiger partial charge on any atom is -0.302 e. The molecular formula is C27H32N2O. The first-order valence-corrected chi connectivity index (χ1v) is 11.8. The summed E-state index contributed by atoms with van der Waals surface area (Å²) in [6, 6.07) is 8.27. The third kappa shape index (κ3) is 2.32. The van der Waals surface area contributed by atoms with Gasteiger partial charge in [0.2, 0.25) is 0 Å². The standard InChI is InChI=1S/C27H32N2O/c1-17-10-12-26(2)18(14-17)8-9-19-20(26)11-13-27(3)24(15-23(30)25(19)27)29-16-28-21-6-4-5-7-22(21)29/h4-8,15-17,19-20,25H,9-14H2,1-3H3/t17-,19?,20?,25?,26-,27+/m0/s1. The summed E-state index contributed by atoms with van der Waals surface area (Å²) < 4.78 is 2.20. The van der Waals surface area contributed by atoms with Crippen molar-refractivity contribution in [3.8, 4) is 0 Å². The summed E-state index contributed by atoms with van der Waals surface area (Å²) in [6.45, 7) is 7.27. The quantitative estimate of drug-likeness (QED) is 0.529. The van der Waals surface area contributed by atoms with E-state index in [9.17, 15) is 4.79 Å². The smallest absolute Gasteiger partial charge is 0.161 e. The molecule has 0 spiro atoms. The lowest BCUT2D eigenvalue weighted by Crippen LogP contribution is -2.51. The second-order valence-corrected chi connectivity index (χ2v) is 11.0. The van der Waals surface area contributed by atoms with Gasteiger partial charge < -0.3 is 4.57 Å². The topological polar surface area (TPSA) is 34.9 Å². The zero-order valence-corrected chi connectivity index (χ0v) is 18.4. The highest BCUT2D eigenvalue weighted by Crippen LogP contribution is 2.65.